The number of H-pyrrole nitrogens is 1. The first-order valence-electron chi connectivity index (χ1n) is 7.13. The van der Waals surface area contributed by atoms with Crippen molar-refractivity contribution in [2.75, 3.05) is 6.54 Å². The molecule has 1 aliphatic rings. The molecule has 0 aliphatic carbocycles. The highest BCUT2D eigenvalue weighted by Crippen LogP contribution is 2.29. The fraction of sp³-hybridized carbons (Fsp3) is 0.333. The van der Waals surface area contributed by atoms with Crippen LogP contribution in [0.3, 0.4) is 0 Å². The summed E-state index contributed by atoms with van der Waals surface area (Å²) < 4.78 is 38.1. The molecule has 0 bridgehead atoms. The van der Waals surface area contributed by atoms with Crippen molar-refractivity contribution in [2.45, 2.75) is 25.7 Å². The number of alkyl halides is 3. The molecule has 0 fully saturated rings. The van der Waals surface area contributed by atoms with Crippen LogP contribution in [-0.2, 0) is 25.7 Å². The minimum Gasteiger partial charge on any atom is -0.506 e. The maximum Gasteiger partial charge on any atom is 0.449 e. The molecule has 128 valence electrons. The lowest BCUT2D eigenvalue weighted by atomic mass is 10.1. The summed E-state index contributed by atoms with van der Waals surface area (Å²) in [6.07, 6.45) is -4.45. The second-order valence-corrected chi connectivity index (χ2v) is 5.93. The number of phenolic OH excluding ortho intramolecular Hbond substituents is 1. The smallest absolute Gasteiger partial charge is 0.449 e. The summed E-state index contributed by atoms with van der Waals surface area (Å²) in [5.41, 5.74) is 0.297. The van der Waals surface area contributed by atoms with Gasteiger partial charge in [-0.05, 0) is 11.6 Å². The van der Waals surface area contributed by atoms with Crippen LogP contribution in [0.4, 0.5) is 13.2 Å². The van der Waals surface area contributed by atoms with Crippen LogP contribution >= 0.6 is 11.6 Å². The summed E-state index contributed by atoms with van der Waals surface area (Å²) in [5.74, 6) is -1.31. The molecule has 2 aromatic rings. The molecule has 5 nitrogen and oxygen atoms in total. The molecule has 3 rings (SSSR count). The SMILES string of the molecule is O=c1[nH]c(C(F)(F)F)nc2c1CN(Cc1cccc(O)c1Cl)CC2. The number of hydrogen-bond acceptors (Lipinski definition) is 4. The van der Waals surface area contributed by atoms with Gasteiger partial charge in [-0.3, -0.25) is 9.69 Å². The largest absolute Gasteiger partial charge is 0.506 e. The van der Waals surface area contributed by atoms with Crippen molar-refractivity contribution in [2.24, 2.45) is 0 Å². The topological polar surface area (TPSA) is 69.2 Å². The van der Waals surface area contributed by atoms with Crippen molar-refractivity contribution in [3.05, 3.63) is 56.2 Å². The first kappa shape index (κ1) is 16.8. The van der Waals surface area contributed by atoms with E-state index in [9.17, 15) is 23.1 Å². The summed E-state index contributed by atoms with van der Waals surface area (Å²) in [6, 6.07) is 4.86. The van der Waals surface area contributed by atoms with Gasteiger partial charge in [-0.25, -0.2) is 4.98 Å². The molecule has 0 spiro atoms. The fourth-order valence-corrected chi connectivity index (χ4v) is 2.87. The number of halogens is 4. The van der Waals surface area contributed by atoms with Gasteiger partial charge in [-0.15, -0.1) is 0 Å². The van der Waals surface area contributed by atoms with Gasteiger partial charge in [0.05, 0.1) is 16.3 Å². The van der Waals surface area contributed by atoms with Gasteiger partial charge >= 0.3 is 6.18 Å². The molecular formula is C15H13ClF3N3O2. The number of aromatic amines is 1. The Morgan fingerprint density at radius 1 is 1.38 bits per heavy atom. The zero-order valence-electron chi connectivity index (χ0n) is 12.3. The zero-order chi connectivity index (χ0) is 17.5. The van der Waals surface area contributed by atoms with Gasteiger partial charge in [0.1, 0.15) is 5.75 Å². The van der Waals surface area contributed by atoms with Crippen LogP contribution in [0.1, 0.15) is 22.6 Å². The molecule has 0 amide bonds. The summed E-state index contributed by atoms with van der Waals surface area (Å²) in [7, 11) is 0. The number of aromatic nitrogens is 2. The third-order valence-electron chi connectivity index (χ3n) is 3.87. The monoisotopic (exact) mass is 359 g/mol. The van der Waals surface area contributed by atoms with Crippen molar-refractivity contribution >= 4 is 11.6 Å². The van der Waals surface area contributed by atoms with Crippen molar-refractivity contribution < 1.29 is 18.3 Å². The molecule has 2 N–H and O–H groups in total. The molecule has 1 aliphatic heterocycles. The molecule has 0 unspecified atom stereocenters. The maximum atomic E-state index is 12.7. The number of nitrogens with zero attached hydrogens (tertiary/aromatic N) is 2. The zero-order valence-corrected chi connectivity index (χ0v) is 13.1. The number of benzene rings is 1. The molecule has 24 heavy (non-hydrogen) atoms. The van der Waals surface area contributed by atoms with E-state index in [-0.39, 0.29) is 35.0 Å². The van der Waals surface area contributed by atoms with Gasteiger partial charge in [0, 0.05) is 26.1 Å². The summed E-state index contributed by atoms with van der Waals surface area (Å²) in [4.78, 5) is 19.2. The number of rotatable bonds is 2. The van der Waals surface area contributed by atoms with Crippen LogP contribution in [0.2, 0.25) is 5.02 Å². The van der Waals surface area contributed by atoms with E-state index >= 15 is 0 Å². The molecule has 0 saturated carbocycles. The van der Waals surface area contributed by atoms with Crippen molar-refractivity contribution in [1.29, 1.82) is 0 Å². The predicted octanol–water partition coefficient (Wildman–Crippen LogP) is 2.71. The average molecular weight is 360 g/mol. The lowest BCUT2D eigenvalue weighted by Gasteiger charge is -2.28. The van der Waals surface area contributed by atoms with E-state index in [0.717, 1.165) is 0 Å². The standard InChI is InChI=1S/C15H13ClF3N3O2/c16-12-8(2-1-3-11(12)23)6-22-5-4-10-9(7-22)13(24)21-14(20-10)15(17,18)19/h1-3,23H,4-7H2,(H,20,21,24). The van der Waals surface area contributed by atoms with Gasteiger partial charge in [0.15, 0.2) is 0 Å². The Labute approximate surface area is 139 Å². The molecule has 1 aromatic heterocycles. The quantitative estimate of drug-likeness (QED) is 0.865. The Morgan fingerprint density at radius 2 is 2.12 bits per heavy atom. The van der Waals surface area contributed by atoms with E-state index in [4.69, 9.17) is 11.6 Å². The number of aromatic hydroxyl groups is 1. The van der Waals surface area contributed by atoms with Crippen LogP contribution in [0.15, 0.2) is 23.0 Å². The van der Waals surface area contributed by atoms with Gasteiger partial charge in [-0.1, -0.05) is 23.7 Å². The van der Waals surface area contributed by atoms with E-state index in [1.54, 1.807) is 17.1 Å². The molecule has 0 radical (unpaired) electrons. The van der Waals surface area contributed by atoms with E-state index in [1.165, 1.54) is 6.07 Å². The van der Waals surface area contributed by atoms with Gasteiger partial charge in [-0.2, -0.15) is 13.2 Å². The lowest BCUT2D eigenvalue weighted by molar-refractivity contribution is -0.145. The molecule has 1 aromatic carbocycles. The Kier molecular flexibility index (Phi) is 4.27. The number of hydrogen-bond donors (Lipinski definition) is 2. The molecule has 0 saturated heterocycles. The molecule has 0 atom stereocenters. The second-order valence-electron chi connectivity index (χ2n) is 5.55. The van der Waals surface area contributed by atoms with E-state index in [2.05, 4.69) is 4.98 Å². The van der Waals surface area contributed by atoms with Crippen LogP contribution in [-0.4, -0.2) is 26.5 Å². The maximum absolute atomic E-state index is 12.7. The Morgan fingerprint density at radius 3 is 2.83 bits per heavy atom. The van der Waals surface area contributed by atoms with Crippen molar-refractivity contribution in [1.82, 2.24) is 14.9 Å². The minimum absolute atomic E-state index is 0.0408. The van der Waals surface area contributed by atoms with Crippen LogP contribution in [0.25, 0.3) is 0 Å². The minimum atomic E-state index is -4.68. The summed E-state index contributed by atoms with van der Waals surface area (Å²) in [6.45, 7) is 0.974. The molecular weight excluding hydrogens is 347 g/mol. The van der Waals surface area contributed by atoms with Crippen molar-refractivity contribution in [3.63, 3.8) is 0 Å². The van der Waals surface area contributed by atoms with Gasteiger partial charge < -0.3 is 10.1 Å². The lowest BCUT2D eigenvalue weighted by Crippen LogP contribution is -2.36. The van der Waals surface area contributed by atoms with Crippen LogP contribution in [0.5, 0.6) is 5.75 Å². The van der Waals surface area contributed by atoms with Gasteiger partial charge in [0.2, 0.25) is 5.82 Å². The third-order valence-corrected chi connectivity index (χ3v) is 4.30. The fourth-order valence-electron chi connectivity index (χ4n) is 2.68. The predicted molar refractivity (Wildman–Crippen MR) is 80.8 cm³/mol. The number of fused-ring (bicyclic) bond motifs is 1. The van der Waals surface area contributed by atoms with Crippen LogP contribution < -0.4 is 5.56 Å². The third kappa shape index (κ3) is 3.25. The van der Waals surface area contributed by atoms with E-state index in [1.807, 2.05) is 4.90 Å². The Hall–Kier alpha value is -2.06. The van der Waals surface area contributed by atoms with E-state index < -0.39 is 17.6 Å². The first-order chi connectivity index (χ1) is 11.3. The highest BCUT2D eigenvalue weighted by Gasteiger charge is 2.36. The highest BCUT2D eigenvalue weighted by atomic mass is 35.5. The second kappa shape index (κ2) is 6.10. The first-order valence-corrected chi connectivity index (χ1v) is 7.51. The van der Waals surface area contributed by atoms with Crippen molar-refractivity contribution in [3.8, 4) is 5.75 Å². The van der Waals surface area contributed by atoms with E-state index in [0.29, 0.717) is 18.7 Å². The van der Waals surface area contributed by atoms with Crippen LogP contribution in [0, 0.1) is 0 Å². The summed E-state index contributed by atoms with van der Waals surface area (Å²) in [5, 5.41) is 9.84. The Bertz CT molecular complexity index is 836. The normalized spacial score (nSPS) is 15.3. The molecule has 2 heterocycles. The number of nitrogens with one attached hydrogen (secondary N) is 1. The highest BCUT2D eigenvalue weighted by molar-refractivity contribution is 6.32. The van der Waals surface area contributed by atoms with Gasteiger partial charge in [0.25, 0.3) is 5.56 Å². The number of phenols is 1. The Balaban J connectivity index is 1.85. The average Bonchev–Trinajstić information content (AvgIpc) is 2.51. The molecule has 9 heteroatoms. The summed E-state index contributed by atoms with van der Waals surface area (Å²) >= 11 is 6.03.